The zero-order valence-electron chi connectivity index (χ0n) is 12.3. The molecule has 0 aliphatic carbocycles. The van der Waals surface area contributed by atoms with Gasteiger partial charge in [0.15, 0.2) is 0 Å². The lowest BCUT2D eigenvalue weighted by Crippen LogP contribution is -2.22. The highest BCUT2D eigenvalue weighted by atomic mass is 19.3. The third-order valence-electron chi connectivity index (χ3n) is 2.94. The Morgan fingerprint density at radius 1 is 1.00 bits per heavy atom. The molecule has 0 saturated carbocycles. The summed E-state index contributed by atoms with van der Waals surface area (Å²) in [6.07, 6.45) is 0.823. The molecule has 124 valence electrons. The molecule has 0 fully saturated rings. The average molecular weight is 333 g/mol. The average Bonchev–Trinajstić information content (AvgIpc) is 2.55. The van der Waals surface area contributed by atoms with Crippen molar-refractivity contribution in [2.75, 3.05) is 0 Å². The fourth-order valence-electron chi connectivity index (χ4n) is 1.92. The summed E-state index contributed by atoms with van der Waals surface area (Å²) in [5.41, 5.74) is 0.717. The van der Waals surface area contributed by atoms with Crippen LogP contribution in [0.25, 0.3) is 5.70 Å². The number of carbonyl (C=O) groups is 2. The van der Waals surface area contributed by atoms with Crippen molar-refractivity contribution < 1.29 is 28.2 Å². The van der Waals surface area contributed by atoms with E-state index in [4.69, 9.17) is 5.11 Å². The van der Waals surface area contributed by atoms with Gasteiger partial charge in [0.2, 0.25) is 0 Å². The van der Waals surface area contributed by atoms with Crippen molar-refractivity contribution in [1.82, 2.24) is 5.32 Å². The number of aliphatic carboxylic acids is 1. The van der Waals surface area contributed by atoms with Crippen molar-refractivity contribution in [3.05, 3.63) is 71.8 Å². The number of alkyl halides is 2. The number of halogens is 2. The van der Waals surface area contributed by atoms with Gasteiger partial charge in [-0.25, -0.2) is 4.79 Å². The number of amides is 1. The van der Waals surface area contributed by atoms with Crippen molar-refractivity contribution in [2.45, 2.75) is 6.61 Å². The number of rotatable bonds is 6. The molecule has 7 heteroatoms. The molecule has 2 N–H and O–H groups in total. The SMILES string of the molecule is O=C(O)/C=C(/NC(=O)c1ccccc1)c1ccc(OC(F)F)cc1. The van der Waals surface area contributed by atoms with Gasteiger partial charge in [0.25, 0.3) is 5.91 Å². The largest absolute Gasteiger partial charge is 0.478 e. The van der Waals surface area contributed by atoms with Gasteiger partial charge in [-0.3, -0.25) is 4.79 Å². The number of carboxylic acid groups (broad SMARTS) is 1. The Hall–Kier alpha value is -3.22. The van der Waals surface area contributed by atoms with E-state index in [1.54, 1.807) is 30.3 Å². The summed E-state index contributed by atoms with van der Waals surface area (Å²) in [5.74, 6) is -1.82. The van der Waals surface area contributed by atoms with Gasteiger partial charge in [-0.15, -0.1) is 0 Å². The predicted octanol–water partition coefficient (Wildman–Crippen LogP) is 3.14. The molecule has 5 nitrogen and oxygen atoms in total. The molecule has 1 amide bonds. The van der Waals surface area contributed by atoms with Gasteiger partial charge in [-0.1, -0.05) is 18.2 Å². The highest BCUT2D eigenvalue weighted by Gasteiger charge is 2.11. The summed E-state index contributed by atoms with van der Waals surface area (Å²) in [4.78, 5) is 23.1. The molecule has 24 heavy (non-hydrogen) atoms. The van der Waals surface area contributed by atoms with Crippen LogP contribution in [0.15, 0.2) is 60.7 Å². The lowest BCUT2D eigenvalue weighted by Gasteiger charge is -2.11. The van der Waals surface area contributed by atoms with Crippen molar-refractivity contribution in [3.63, 3.8) is 0 Å². The number of ether oxygens (including phenoxy) is 1. The maximum Gasteiger partial charge on any atom is 0.387 e. The van der Waals surface area contributed by atoms with Crippen LogP contribution in [0.1, 0.15) is 15.9 Å². The molecule has 2 aromatic rings. The Bertz CT molecular complexity index is 743. The molecule has 0 bridgehead atoms. The van der Waals surface area contributed by atoms with Crippen LogP contribution in [-0.2, 0) is 4.79 Å². The second-order valence-corrected chi connectivity index (χ2v) is 4.62. The van der Waals surface area contributed by atoms with E-state index in [9.17, 15) is 18.4 Å². The van der Waals surface area contributed by atoms with E-state index in [1.807, 2.05) is 0 Å². The van der Waals surface area contributed by atoms with E-state index in [2.05, 4.69) is 10.1 Å². The van der Waals surface area contributed by atoms with Gasteiger partial charge in [0.1, 0.15) is 5.75 Å². The Labute approximate surface area is 136 Å². The molecule has 2 aromatic carbocycles. The van der Waals surface area contributed by atoms with Crippen LogP contribution in [0.2, 0.25) is 0 Å². The molecular formula is C17H13F2NO4. The molecule has 0 unspecified atom stereocenters. The van der Waals surface area contributed by atoms with Gasteiger partial charge in [-0.05, 0) is 42.0 Å². The van der Waals surface area contributed by atoms with Crippen LogP contribution < -0.4 is 10.1 Å². The molecule has 0 aliphatic heterocycles. The molecule has 0 aliphatic rings. The monoisotopic (exact) mass is 333 g/mol. The molecule has 0 spiro atoms. The van der Waals surface area contributed by atoms with Gasteiger partial charge in [0.05, 0.1) is 5.70 Å². The molecule has 2 rings (SSSR count). The summed E-state index contributed by atoms with van der Waals surface area (Å²) in [6, 6.07) is 13.5. The quantitative estimate of drug-likeness (QED) is 0.796. The second-order valence-electron chi connectivity index (χ2n) is 4.62. The minimum Gasteiger partial charge on any atom is -0.478 e. The van der Waals surface area contributed by atoms with E-state index >= 15 is 0 Å². The number of benzene rings is 2. The molecule has 0 heterocycles. The Kier molecular flexibility index (Phi) is 5.62. The van der Waals surface area contributed by atoms with Crippen molar-refractivity contribution in [1.29, 1.82) is 0 Å². The number of hydrogen-bond donors (Lipinski definition) is 2. The first-order valence-electron chi connectivity index (χ1n) is 6.82. The summed E-state index contributed by atoms with van der Waals surface area (Å²) in [7, 11) is 0. The van der Waals surface area contributed by atoms with E-state index in [0.29, 0.717) is 11.1 Å². The van der Waals surface area contributed by atoms with Crippen molar-refractivity contribution in [3.8, 4) is 5.75 Å². The first kappa shape index (κ1) is 17.1. The Morgan fingerprint density at radius 2 is 1.62 bits per heavy atom. The van der Waals surface area contributed by atoms with Gasteiger partial charge >= 0.3 is 12.6 Å². The van der Waals surface area contributed by atoms with Crippen LogP contribution in [0.5, 0.6) is 5.75 Å². The Morgan fingerprint density at radius 3 is 2.17 bits per heavy atom. The summed E-state index contributed by atoms with van der Waals surface area (Å²) >= 11 is 0. The number of carbonyl (C=O) groups excluding carboxylic acids is 1. The highest BCUT2D eigenvalue weighted by molar-refractivity contribution is 6.02. The normalized spacial score (nSPS) is 11.2. The van der Waals surface area contributed by atoms with E-state index in [-0.39, 0.29) is 11.4 Å². The van der Waals surface area contributed by atoms with Crippen molar-refractivity contribution >= 4 is 17.6 Å². The smallest absolute Gasteiger partial charge is 0.387 e. The standard InChI is InChI=1S/C17H13F2NO4/c18-17(19)24-13-8-6-11(7-9-13)14(10-15(21)22)20-16(23)12-4-2-1-3-5-12/h1-10,17H,(H,20,23)(H,21,22)/b14-10+. The lowest BCUT2D eigenvalue weighted by molar-refractivity contribution is -0.131. The number of nitrogens with one attached hydrogen (secondary N) is 1. The first-order chi connectivity index (χ1) is 11.5. The Balaban J connectivity index is 2.23. The summed E-state index contributed by atoms with van der Waals surface area (Å²) in [6.45, 7) is -2.96. The fraction of sp³-hybridized carbons (Fsp3) is 0.0588. The summed E-state index contributed by atoms with van der Waals surface area (Å²) < 4.78 is 28.5. The van der Waals surface area contributed by atoms with Gasteiger partial charge in [-0.2, -0.15) is 8.78 Å². The third-order valence-corrected chi connectivity index (χ3v) is 2.94. The number of hydrogen-bond acceptors (Lipinski definition) is 3. The van der Waals surface area contributed by atoms with Crippen LogP contribution in [-0.4, -0.2) is 23.6 Å². The van der Waals surface area contributed by atoms with Gasteiger partial charge < -0.3 is 15.2 Å². The van der Waals surface area contributed by atoms with Crippen LogP contribution in [0.4, 0.5) is 8.78 Å². The molecule has 0 aromatic heterocycles. The zero-order valence-corrected chi connectivity index (χ0v) is 12.3. The topological polar surface area (TPSA) is 75.6 Å². The van der Waals surface area contributed by atoms with Gasteiger partial charge in [0, 0.05) is 11.6 Å². The number of carboxylic acids is 1. The van der Waals surface area contributed by atoms with E-state index < -0.39 is 18.5 Å². The zero-order chi connectivity index (χ0) is 17.5. The molecule has 0 atom stereocenters. The minimum atomic E-state index is -2.96. The van der Waals surface area contributed by atoms with Crippen molar-refractivity contribution in [2.24, 2.45) is 0 Å². The second kappa shape index (κ2) is 7.87. The highest BCUT2D eigenvalue weighted by Crippen LogP contribution is 2.19. The lowest BCUT2D eigenvalue weighted by atomic mass is 10.1. The fourth-order valence-corrected chi connectivity index (χ4v) is 1.92. The molecule has 0 radical (unpaired) electrons. The maximum atomic E-state index is 12.2. The minimum absolute atomic E-state index is 0.0277. The summed E-state index contributed by atoms with van der Waals surface area (Å²) in [5, 5.41) is 11.4. The third kappa shape index (κ3) is 4.91. The van der Waals surface area contributed by atoms with E-state index in [0.717, 1.165) is 6.08 Å². The molecule has 0 saturated heterocycles. The first-order valence-corrected chi connectivity index (χ1v) is 6.82. The van der Waals surface area contributed by atoms with Crippen LogP contribution >= 0.6 is 0 Å². The predicted molar refractivity (Wildman–Crippen MR) is 82.6 cm³/mol. The van der Waals surface area contributed by atoms with E-state index in [1.165, 1.54) is 24.3 Å². The maximum absolute atomic E-state index is 12.2. The van der Waals surface area contributed by atoms with Crippen LogP contribution in [0, 0.1) is 0 Å². The molecular weight excluding hydrogens is 320 g/mol. The van der Waals surface area contributed by atoms with Crippen LogP contribution in [0.3, 0.4) is 0 Å².